The van der Waals surface area contributed by atoms with Crippen LogP contribution in [-0.4, -0.2) is 31.9 Å². The highest BCUT2D eigenvalue weighted by molar-refractivity contribution is 6.21. The van der Waals surface area contributed by atoms with E-state index < -0.39 is 10.9 Å². The molecule has 4 rings (SSSR count). The minimum atomic E-state index is -0.696. The number of esters is 1. The van der Waals surface area contributed by atoms with Crippen molar-refractivity contribution in [1.82, 2.24) is 0 Å². The normalized spacial score (nSPS) is 12.4. The summed E-state index contributed by atoms with van der Waals surface area (Å²) in [4.78, 5) is 23.5. The van der Waals surface area contributed by atoms with Gasteiger partial charge in [0.2, 0.25) is 6.79 Å². The number of rotatable bonds is 3. The van der Waals surface area contributed by atoms with Crippen LogP contribution in [0.5, 0.6) is 17.2 Å². The van der Waals surface area contributed by atoms with E-state index >= 15 is 0 Å². The van der Waals surface area contributed by atoms with Crippen molar-refractivity contribution in [1.29, 1.82) is 0 Å². The highest BCUT2D eigenvalue weighted by atomic mass is 16.7. The van der Waals surface area contributed by atoms with Crippen LogP contribution in [0.2, 0.25) is 0 Å². The number of benzene rings is 3. The first kappa shape index (κ1) is 15.9. The molecule has 26 heavy (non-hydrogen) atoms. The minimum absolute atomic E-state index is 0.0385. The molecule has 0 spiro atoms. The minimum Gasteiger partial charge on any atom is -0.497 e. The van der Waals surface area contributed by atoms with Crippen LogP contribution in [-0.2, 0) is 4.74 Å². The summed E-state index contributed by atoms with van der Waals surface area (Å²) >= 11 is 0. The first-order chi connectivity index (χ1) is 12.5. The first-order valence-corrected chi connectivity index (χ1v) is 7.65. The Bertz CT molecular complexity index is 1090. The Morgan fingerprint density at radius 1 is 1.15 bits per heavy atom. The molecule has 8 heteroatoms. The molecule has 3 aromatic rings. The second-order valence-electron chi connectivity index (χ2n) is 5.64. The van der Waals surface area contributed by atoms with Gasteiger partial charge in [-0.3, -0.25) is 10.1 Å². The Kier molecular flexibility index (Phi) is 3.54. The molecule has 132 valence electrons. The summed E-state index contributed by atoms with van der Waals surface area (Å²) in [5.41, 5.74) is -0.167. The molecule has 0 saturated heterocycles. The van der Waals surface area contributed by atoms with E-state index in [0.717, 1.165) is 0 Å². The zero-order chi connectivity index (χ0) is 18.4. The van der Waals surface area contributed by atoms with E-state index in [1.165, 1.54) is 26.4 Å². The van der Waals surface area contributed by atoms with Gasteiger partial charge < -0.3 is 18.9 Å². The highest BCUT2D eigenvalue weighted by Gasteiger charge is 2.30. The molecular weight excluding hydrogens is 342 g/mol. The molecule has 0 unspecified atom stereocenters. The van der Waals surface area contributed by atoms with E-state index in [4.69, 9.17) is 18.9 Å². The maximum atomic E-state index is 12.3. The largest absolute Gasteiger partial charge is 0.497 e. The molecule has 1 aliphatic rings. The monoisotopic (exact) mass is 355 g/mol. The fraction of sp³-hybridized carbons (Fsp3) is 0.167. The molecule has 0 fully saturated rings. The third-order valence-electron chi connectivity index (χ3n) is 4.34. The van der Waals surface area contributed by atoms with Gasteiger partial charge in [0.25, 0.3) is 5.69 Å². The van der Waals surface area contributed by atoms with Crippen LogP contribution in [0.15, 0.2) is 30.3 Å². The lowest BCUT2D eigenvalue weighted by atomic mass is 9.95. The number of carbonyl (C=O) groups excluding carboxylic acids is 1. The van der Waals surface area contributed by atoms with Gasteiger partial charge in [0.15, 0.2) is 11.5 Å². The van der Waals surface area contributed by atoms with Crippen LogP contribution in [0.3, 0.4) is 0 Å². The summed E-state index contributed by atoms with van der Waals surface area (Å²) in [6.45, 7) is -0.0385. The molecule has 0 amide bonds. The first-order valence-electron chi connectivity index (χ1n) is 7.65. The Hall–Kier alpha value is -3.55. The third kappa shape index (κ3) is 2.19. The quantitative estimate of drug-likeness (QED) is 0.307. The number of fused-ring (bicyclic) bond motifs is 5. The van der Waals surface area contributed by atoms with E-state index in [1.54, 1.807) is 18.2 Å². The van der Waals surface area contributed by atoms with Crippen molar-refractivity contribution in [3.63, 3.8) is 0 Å². The second-order valence-corrected chi connectivity index (χ2v) is 5.64. The number of nitro groups is 1. The number of carbonyl (C=O) groups is 1. The number of nitro benzene ring substituents is 1. The van der Waals surface area contributed by atoms with Gasteiger partial charge in [-0.15, -0.1) is 0 Å². The molecule has 0 saturated carbocycles. The molecule has 0 N–H and O–H groups in total. The summed E-state index contributed by atoms with van der Waals surface area (Å²) in [7, 11) is 2.74. The third-order valence-corrected chi connectivity index (χ3v) is 4.34. The molecule has 0 atom stereocenters. The number of ether oxygens (including phenoxy) is 4. The fourth-order valence-corrected chi connectivity index (χ4v) is 3.20. The van der Waals surface area contributed by atoms with Gasteiger partial charge >= 0.3 is 5.97 Å². The Labute approximate surface area is 147 Å². The van der Waals surface area contributed by atoms with Crippen molar-refractivity contribution in [2.45, 2.75) is 0 Å². The van der Waals surface area contributed by atoms with Gasteiger partial charge in [0.05, 0.1) is 30.1 Å². The van der Waals surface area contributed by atoms with E-state index in [9.17, 15) is 14.9 Å². The number of non-ortho nitro benzene ring substituents is 1. The van der Waals surface area contributed by atoms with Crippen LogP contribution < -0.4 is 14.2 Å². The second kappa shape index (κ2) is 5.76. The van der Waals surface area contributed by atoms with Crippen molar-refractivity contribution in [3.05, 3.63) is 46.0 Å². The molecule has 1 aliphatic heterocycles. The number of methoxy groups -OCH3 is 2. The average molecular weight is 355 g/mol. The SMILES string of the molecule is COC(=O)c1cc2c(c3c1c([N+](=O)[O-])cc1ccc(OC)cc13)OCO2. The lowest BCUT2D eigenvalue weighted by Crippen LogP contribution is -2.04. The maximum absolute atomic E-state index is 12.3. The van der Waals surface area contributed by atoms with Gasteiger partial charge in [-0.25, -0.2) is 4.79 Å². The topological polar surface area (TPSA) is 97.1 Å². The van der Waals surface area contributed by atoms with Gasteiger partial charge in [-0.05, 0) is 29.0 Å². The van der Waals surface area contributed by atoms with Crippen LogP contribution in [0.4, 0.5) is 5.69 Å². The number of nitrogens with zero attached hydrogens (tertiary/aromatic N) is 1. The highest BCUT2D eigenvalue weighted by Crippen LogP contribution is 2.48. The predicted octanol–water partition coefficient (Wildman–Crippen LogP) is 3.43. The van der Waals surface area contributed by atoms with E-state index in [0.29, 0.717) is 33.4 Å². The number of hydrogen-bond donors (Lipinski definition) is 0. The van der Waals surface area contributed by atoms with Crippen LogP contribution in [0.25, 0.3) is 21.5 Å². The summed E-state index contributed by atoms with van der Waals surface area (Å²) < 4.78 is 21.1. The Balaban J connectivity index is 2.28. The van der Waals surface area contributed by atoms with E-state index in [1.807, 2.05) is 0 Å². The van der Waals surface area contributed by atoms with Gasteiger partial charge in [-0.1, -0.05) is 6.07 Å². The molecule has 0 bridgehead atoms. The molecule has 0 aliphatic carbocycles. The summed E-state index contributed by atoms with van der Waals surface area (Å²) in [6, 6.07) is 8.00. The van der Waals surface area contributed by atoms with Crippen molar-refractivity contribution >= 4 is 33.2 Å². The predicted molar refractivity (Wildman–Crippen MR) is 92.1 cm³/mol. The molecule has 1 heterocycles. The van der Waals surface area contributed by atoms with Gasteiger partial charge in [0.1, 0.15) is 5.75 Å². The van der Waals surface area contributed by atoms with Crippen molar-refractivity contribution in [2.24, 2.45) is 0 Å². The Morgan fingerprint density at radius 2 is 1.96 bits per heavy atom. The van der Waals surface area contributed by atoms with Crippen molar-refractivity contribution < 1.29 is 28.7 Å². The molecule has 3 aromatic carbocycles. The summed E-state index contributed by atoms with van der Waals surface area (Å²) in [6.07, 6.45) is 0. The zero-order valence-corrected chi connectivity index (χ0v) is 13.9. The molecular formula is C18H13NO7. The van der Waals surface area contributed by atoms with Gasteiger partial charge in [-0.2, -0.15) is 0 Å². The summed E-state index contributed by atoms with van der Waals surface area (Å²) in [5, 5.41) is 13.5. The molecule has 0 radical (unpaired) electrons. The standard InChI is InChI=1S/C18H13NO7/c1-23-10-4-3-9-5-13(19(21)22)15-12(18(20)24-2)7-14-17(26-8-25-14)16(15)11(9)6-10/h3-7H,8H2,1-2H3. The van der Waals surface area contributed by atoms with E-state index in [-0.39, 0.29) is 23.4 Å². The van der Waals surface area contributed by atoms with Crippen LogP contribution >= 0.6 is 0 Å². The zero-order valence-electron chi connectivity index (χ0n) is 13.9. The van der Waals surface area contributed by atoms with Crippen LogP contribution in [0.1, 0.15) is 10.4 Å². The lowest BCUT2D eigenvalue weighted by Gasteiger charge is -2.12. The fourth-order valence-electron chi connectivity index (χ4n) is 3.20. The maximum Gasteiger partial charge on any atom is 0.338 e. The average Bonchev–Trinajstić information content (AvgIpc) is 3.13. The van der Waals surface area contributed by atoms with Crippen molar-refractivity contribution in [3.8, 4) is 17.2 Å². The van der Waals surface area contributed by atoms with Gasteiger partial charge in [0, 0.05) is 11.5 Å². The van der Waals surface area contributed by atoms with E-state index in [2.05, 4.69) is 0 Å². The lowest BCUT2D eigenvalue weighted by molar-refractivity contribution is -0.383. The molecule has 0 aromatic heterocycles. The molecule has 8 nitrogen and oxygen atoms in total. The van der Waals surface area contributed by atoms with Crippen molar-refractivity contribution in [2.75, 3.05) is 21.0 Å². The summed E-state index contributed by atoms with van der Waals surface area (Å²) in [5.74, 6) is 0.569. The smallest absolute Gasteiger partial charge is 0.338 e. The number of hydrogen-bond acceptors (Lipinski definition) is 7. The Morgan fingerprint density at radius 3 is 2.65 bits per heavy atom. The van der Waals surface area contributed by atoms with Crippen LogP contribution in [0, 0.1) is 10.1 Å².